The van der Waals surface area contributed by atoms with Gasteiger partial charge in [0.05, 0.1) is 6.04 Å². The molecule has 114 valence electrons. The lowest BCUT2D eigenvalue weighted by molar-refractivity contribution is -0.122. The predicted octanol–water partition coefficient (Wildman–Crippen LogP) is 1.88. The number of benzene rings is 1. The van der Waals surface area contributed by atoms with E-state index >= 15 is 0 Å². The van der Waals surface area contributed by atoms with Crippen molar-refractivity contribution in [2.45, 2.75) is 31.8 Å². The van der Waals surface area contributed by atoms with Crippen LogP contribution in [0.4, 0.5) is 5.69 Å². The first-order valence-electron chi connectivity index (χ1n) is 7.05. The molecule has 1 aliphatic heterocycles. The molecule has 1 fully saturated rings. The van der Waals surface area contributed by atoms with Gasteiger partial charge >= 0.3 is 0 Å². The van der Waals surface area contributed by atoms with E-state index in [-0.39, 0.29) is 23.9 Å². The minimum absolute atomic E-state index is 0.0205. The molecule has 1 saturated heterocycles. The molecular formula is C15H20ClN3O2. The number of likely N-dealkylation sites (N-methyl/N-ethyl adjacent to an activating group) is 1. The summed E-state index contributed by atoms with van der Waals surface area (Å²) in [5.41, 5.74) is 0.721. The van der Waals surface area contributed by atoms with Crippen LogP contribution in [0.15, 0.2) is 24.3 Å². The molecule has 0 unspecified atom stereocenters. The SMILES string of the molecule is CCC(=O)N[C@@H]1C[C@@H](C(=O)Nc2ccc(Cl)cc2)N(C)C1. The van der Waals surface area contributed by atoms with Crippen molar-refractivity contribution in [3.05, 3.63) is 29.3 Å². The Morgan fingerprint density at radius 2 is 2.00 bits per heavy atom. The molecule has 0 aromatic heterocycles. The van der Waals surface area contributed by atoms with Gasteiger partial charge in [0, 0.05) is 29.7 Å². The number of carbonyl (C=O) groups is 2. The summed E-state index contributed by atoms with van der Waals surface area (Å²) in [6.07, 6.45) is 1.09. The molecule has 2 atom stereocenters. The lowest BCUT2D eigenvalue weighted by Gasteiger charge is -2.18. The Hall–Kier alpha value is -1.59. The fourth-order valence-electron chi connectivity index (χ4n) is 2.50. The van der Waals surface area contributed by atoms with Gasteiger partial charge in [0.15, 0.2) is 0 Å². The molecule has 1 aromatic rings. The fourth-order valence-corrected chi connectivity index (χ4v) is 2.63. The van der Waals surface area contributed by atoms with Crippen molar-refractivity contribution in [3.8, 4) is 0 Å². The maximum atomic E-state index is 12.3. The molecule has 0 aliphatic carbocycles. The lowest BCUT2D eigenvalue weighted by atomic mass is 10.1. The van der Waals surface area contributed by atoms with Crippen LogP contribution in [0.5, 0.6) is 0 Å². The number of carbonyl (C=O) groups excluding carboxylic acids is 2. The van der Waals surface area contributed by atoms with E-state index in [4.69, 9.17) is 11.6 Å². The van der Waals surface area contributed by atoms with E-state index in [0.29, 0.717) is 24.4 Å². The zero-order chi connectivity index (χ0) is 15.4. The summed E-state index contributed by atoms with van der Waals surface area (Å²) in [5, 5.41) is 6.45. The highest BCUT2D eigenvalue weighted by Gasteiger charge is 2.34. The molecule has 0 radical (unpaired) electrons. The number of anilines is 1. The van der Waals surface area contributed by atoms with Gasteiger partial charge < -0.3 is 10.6 Å². The summed E-state index contributed by atoms with van der Waals surface area (Å²) in [6.45, 7) is 2.50. The van der Waals surface area contributed by atoms with Gasteiger partial charge in [-0.3, -0.25) is 14.5 Å². The Morgan fingerprint density at radius 3 is 2.62 bits per heavy atom. The molecular weight excluding hydrogens is 290 g/mol. The number of halogens is 1. The Morgan fingerprint density at radius 1 is 1.33 bits per heavy atom. The van der Waals surface area contributed by atoms with Crippen LogP contribution in [0, 0.1) is 0 Å². The standard InChI is InChI=1S/C15H20ClN3O2/c1-3-14(20)17-12-8-13(19(2)9-12)15(21)18-11-6-4-10(16)5-7-11/h4-7,12-13H,3,8-9H2,1-2H3,(H,17,20)(H,18,21)/t12-,13+/m1/s1. The summed E-state index contributed by atoms with van der Waals surface area (Å²) in [4.78, 5) is 25.7. The van der Waals surface area contributed by atoms with Gasteiger partial charge in [-0.05, 0) is 37.7 Å². The second kappa shape index (κ2) is 6.91. The molecule has 5 nitrogen and oxygen atoms in total. The van der Waals surface area contributed by atoms with Crippen LogP contribution < -0.4 is 10.6 Å². The monoisotopic (exact) mass is 309 g/mol. The molecule has 0 saturated carbocycles. The van der Waals surface area contributed by atoms with Crippen molar-refractivity contribution >= 4 is 29.1 Å². The van der Waals surface area contributed by atoms with E-state index in [0.717, 1.165) is 5.69 Å². The van der Waals surface area contributed by atoms with Gasteiger partial charge in [-0.25, -0.2) is 0 Å². The highest BCUT2D eigenvalue weighted by molar-refractivity contribution is 6.30. The molecule has 2 rings (SSSR count). The van der Waals surface area contributed by atoms with Gasteiger partial charge in [-0.15, -0.1) is 0 Å². The number of nitrogens with zero attached hydrogens (tertiary/aromatic N) is 1. The number of hydrogen-bond donors (Lipinski definition) is 2. The fraction of sp³-hybridized carbons (Fsp3) is 0.467. The average molecular weight is 310 g/mol. The summed E-state index contributed by atoms with van der Waals surface area (Å²) >= 11 is 5.82. The second-order valence-corrected chi connectivity index (χ2v) is 5.74. The van der Waals surface area contributed by atoms with Crippen molar-refractivity contribution in [3.63, 3.8) is 0 Å². The zero-order valence-corrected chi connectivity index (χ0v) is 13.0. The van der Waals surface area contributed by atoms with Crippen molar-refractivity contribution in [2.75, 3.05) is 18.9 Å². The molecule has 21 heavy (non-hydrogen) atoms. The number of nitrogens with one attached hydrogen (secondary N) is 2. The summed E-state index contributed by atoms with van der Waals surface area (Å²) in [7, 11) is 1.89. The maximum Gasteiger partial charge on any atom is 0.241 e. The smallest absolute Gasteiger partial charge is 0.241 e. The minimum Gasteiger partial charge on any atom is -0.352 e. The lowest BCUT2D eigenvalue weighted by Crippen LogP contribution is -2.37. The number of amides is 2. The van der Waals surface area contributed by atoms with Crippen LogP contribution in [0.2, 0.25) is 5.02 Å². The number of likely N-dealkylation sites (tertiary alicyclic amines) is 1. The molecule has 0 spiro atoms. The van der Waals surface area contributed by atoms with Gasteiger partial charge in [0.25, 0.3) is 0 Å². The largest absolute Gasteiger partial charge is 0.352 e. The third-order valence-corrected chi connectivity index (χ3v) is 3.90. The van der Waals surface area contributed by atoms with E-state index in [2.05, 4.69) is 10.6 Å². The highest BCUT2D eigenvalue weighted by Crippen LogP contribution is 2.19. The molecule has 2 N–H and O–H groups in total. The predicted molar refractivity (Wildman–Crippen MR) is 83.3 cm³/mol. The van der Waals surface area contributed by atoms with E-state index in [1.54, 1.807) is 24.3 Å². The second-order valence-electron chi connectivity index (χ2n) is 5.31. The zero-order valence-electron chi connectivity index (χ0n) is 12.2. The van der Waals surface area contributed by atoms with Gasteiger partial charge in [0.1, 0.15) is 0 Å². The van der Waals surface area contributed by atoms with Crippen molar-refractivity contribution in [2.24, 2.45) is 0 Å². The number of rotatable bonds is 4. The Labute approximate surface area is 129 Å². The Kier molecular flexibility index (Phi) is 5.20. The van der Waals surface area contributed by atoms with E-state index in [9.17, 15) is 9.59 Å². The van der Waals surface area contributed by atoms with Crippen LogP contribution in [-0.2, 0) is 9.59 Å². The summed E-state index contributed by atoms with van der Waals surface area (Å²) in [6, 6.07) is 6.81. The average Bonchev–Trinajstić information content (AvgIpc) is 2.82. The van der Waals surface area contributed by atoms with E-state index < -0.39 is 0 Å². The van der Waals surface area contributed by atoms with Crippen LogP contribution in [0.1, 0.15) is 19.8 Å². The first kappa shape index (κ1) is 15.8. The first-order valence-corrected chi connectivity index (χ1v) is 7.43. The van der Waals surface area contributed by atoms with Gasteiger partial charge in [0.2, 0.25) is 11.8 Å². The maximum absolute atomic E-state index is 12.3. The minimum atomic E-state index is -0.233. The summed E-state index contributed by atoms with van der Waals surface area (Å²) < 4.78 is 0. The topological polar surface area (TPSA) is 61.4 Å². The molecule has 0 bridgehead atoms. The van der Waals surface area contributed by atoms with Crippen LogP contribution in [-0.4, -0.2) is 42.4 Å². The molecule has 1 heterocycles. The Bertz CT molecular complexity index is 518. The molecule has 1 aliphatic rings. The van der Waals surface area contributed by atoms with E-state index in [1.165, 1.54) is 0 Å². The van der Waals surface area contributed by atoms with Crippen LogP contribution in [0.3, 0.4) is 0 Å². The van der Waals surface area contributed by atoms with Crippen LogP contribution in [0.25, 0.3) is 0 Å². The van der Waals surface area contributed by atoms with Gasteiger partial charge in [-0.2, -0.15) is 0 Å². The third-order valence-electron chi connectivity index (χ3n) is 3.65. The van der Waals surface area contributed by atoms with Crippen LogP contribution >= 0.6 is 11.6 Å². The van der Waals surface area contributed by atoms with Gasteiger partial charge in [-0.1, -0.05) is 18.5 Å². The molecule has 6 heteroatoms. The number of hydrogen-bond acceptors (Lipinski definition) is 3. The highest BCUT2D eigenvalue weighted by atomic mass is 35.5. The molecule has 2 amide bonds. The molecule has 1 aromatic carbocycles. The first-order chi connectivity index (χ1) is 9.99. The van der Waals surface area contributed by atoms with E-state index in [1.807, 2.05) is 18.9 Å². The van der Waals surface area contributed by atoms with Crippen molar-refractivity contribution < 1.29 is 9.59 Å². The quantitative estimate of drug-likeness (QED) is 0.892. The summed E-state index contributed by atoms with van der Waals surface area (Å²) in [5.74, 6) is -0.0415. The van der Waals surface area contributed by atoms with Crippen molar-refractivity contribution in [1.82, 2.24) is 10.2 Å². The normalized spacial score (nSPS) is 22.0. The van der Waals surface area contributed by atoms with Crippen molar-refractivity contribution in [1.29, 1.82) is 0 Å². The third kappa shape index (κ3) is 4.19. The Balaban J connectivity index is 1.93.